The summed E-state index contributed by atoms with van der Waals surface area (Å²) in [5.41, 5.74) is -1.02. The van der Waals surface area contributed by atoms with Crippen molar-refractivity contribution in [3.8, 4) is 11.5 Å². The number of H-pyrrole nitrogens is 1. The van der Waals surface area contributed by atoms with Crippen LogP contribution in [0, 0.1) is 5.41 Å². The van der Waals surface area contributed by atoms with E-state index < -0.39 is 46.8 Å². The van der Waals surface area contributed by atoms with E-state index in [0.717, 1.165) is 83.8 Å². The van der Waals surface area contributed by atoms with Crippen LogP contribution >= 0.6 is 11.6 Å². The van der Waals surface area contributed by atoms with Gasteiger partial charge >= 0.3 is 5.51 Å². The number of piperazine rings is 2. The molecule has 0 saturated carbocycles. The number of hydrogen-bond donors (Lipinski definition) is 5. The fourth-order valence-electron chi connectivity index (χ4n) is 9.78. The van der Waals surface area contributed by atoms with Gasteiger partial charge in [0.1, 0.15) is 22.0 Å². The Morgan fingerprint density at radius 3 is 2.42 bits per heavy atom. The Morgan fingerprint density at radius 1 is 0.944 bits per heavy atom. The molecule has 22 heteroatoms. The maximum absolute atomic E-state index is 14.1. The van der Waals surface area contributed by atoms with Crippen LogP contribution in [-0.4, -0.2) is 157 Å². The topological polar surface area (TPSA) is 193 Å². The zero-order chi connectivity index (χ0) is 51.3. The third kappa shape index (κ3) is 12.7. The number of carbonyl (C=O) groups excluding carboxylic acids is 1. The maximum Gasteiger partial charge on any atom is 0.501 e. The highest BCUT2D eigenvalue weighted by Gasteiger charge is 2.48. The molecule has 8 rings (SSSR count). The van der Waals surface area contributed by atoms with Crippen molar-refractivity contribution < 1.29 is 44.6 Å². The number of rotatable bonds is 19. The highest BCUT2D eigenvalue weighted by molar-refractivity contribution is 7.92. The molecule has 3 aromatic carbocycles. The lowest BCUT2D eigenvalue weighted by Crippen LogP contribution is -2.49. The Hall–Kier alpha value is -5.26. The second kappa shape index (κ2) is 22.5. The number of pyridine rings is 1. The molecule has 72 heavy (non-hydrogen) atoms. The van der Waals surface area contributed by atoms with E-state index >= 15 is 0 Å². The van der Waals surface area contributed by atoms with Gasteiger partial charge < -0.3 is 40.2 Å². The average Bonchev–Trinajstić information content (AvgIpc) is 3.82. The second-order valence-corrected chi connectivity index (χ2v) is 23.1. The lowest BCUT2D eigenvalue weighted by molar-refractivity contribution is -0.0435. The Bertz CT molecular complexity index is 2980. The Labute approximate surface area is 423 Å². The van der Waals surface area contributed by atoms with Crippen LogP contribution in [0.4, 0.5) is 24.5 Å². The van der Waals surface area contributed by atoms with E-state index in [9.17, 15) is 34.8 Å². The number of nitrogens with zero attached hydrogens (tertiary/aromatic N) is 5. The number of halogens is 4. The normalized spacial score (nSPS) is 18.8. The van der Waals surface area contributed by atoms with Crippen molar-refractivity contribution in [1.82, 2.24) is 34.7 Å². The molecular formula is C50H61ClF3N9O7S2. The first-order chi connectivity index (χ1) is 34.3. The lowest BCUT2D eigenvalue weighted by atomic mass is 9.71. The third-order valence-corrected chi connectivity index (χ3v) is 16.7. The number of sulfone groups is 1. The molecule has 2 aromatic heterocycles. The van der Waals surface area contributed by atoms with Crippen LogP contribution in [0.3, 0.4) is 0 Å². The van der Waals surface area contributed by atoms with Gasteiger partial charge in [-0.05, 0) is 110 Å². The number of alkyl halides is 3. The van der Waals surface area contributed by atoms with Gasteiger partial charge in [0, 0.05) is 107 Å². The number of aromatic amines is 1. The fraction of sp³-hybridized carbons (Fsp3) is 0.440. The zero-order valence-electron chi connectivity index (χ0n) is 40.3. The van der Waals surface area contributed by atoms with Crippen molar-refractivity contribution in [3.63, 3.8) is 0 Å². The van der Waals surface area contributed by atoms with Crippen LogP contribution in [0.1, 0.15) is 48.5 Å². The minimum Gasteiger partial charge on any atom is -0.455 e. The number of likely N-dealkylation sites (N-methyl/N-ethyl adjacent to an activating group) is 1. The number of ether oxygens (including phenoxy) is 1. The number of nitrogens with one attached hydrogen (secondary N) is 4. The molecule has 2 fully saturated rings. The highest BCUT2D eigenvalue weighted by Crippen LogP contribution is 2.44. The number of aromatic nitrogens is 2. The summed E-state index contributed by atoms with van der Waals surface area (Å²) in [5.74, 6) is -0.951. The number of aliphatic hydroxyl groups excluding tert-OH is 1. The standard InChI is InChI=1S/C50H61ClF3N9O7S2/c1-49(34-62-20-17-55-18-21-62)14-12-42(35-4-6-38(51)7-5-35)37(31-49)33-61-22-24-63(25-23-61)39-8-10-43(45(29-39)70-40-28-36-13-16-57-47(36)58-32-40)48(65)59-72(68,69)41-9-11-44(56-15-3-19-60(2)26-27-64)46(30-41)71(66,67)50(52,53)54/h4-11,13,16,28-30,32,55-56,64H,3,12,14-15,17-27,31,33-34H2,1-2H3,(H,57,58)(H,59,65)/t49-/m1/s1. The minimum atomic E-state index is -6.07. The molecule has 5 N–H and O–H groups in total. The van der Waals surface area contributed by atoms with Crippen LogP contribution in [0.5, 0.6) is 11.5 Å². The third-order valence-electron chi connectivity index (χ3n) is 13.6. The van der Waals surface area contributed by atoms with Crippen LogP contribution in [0.15, 0.2) is 101 Å². The Balaban J connectivity index is 1.02. The van der Waals surface area contributed by atoms with Gasteiger partial charge in [0.2, 0.25) is 0 Å². The summed E-state index contributed by atoms with van der Waals surface area (Å²) >= 11 is 6.31. The summed E-state index contributed by atoms with van der Waals surface area (Å²) < 4.78 is 103. The van der Waals surface area contributed by atoms with Crippen LogP contribution in [0.2, 0.25) is 5.02 Å². The average molecular weight is 1060 g/mol. The van der Waals surface area contributed by atoms with E-state index in [4.69, 9.17) is 21.4 Å². The largest absolute Gasteiger partial charge is 0.501 e. The van der Waals surface area contributed by atoms with Crippen molar-refractivity contribution in [1.29, 1.82) is 0 Å². The summed E-state index contributed by atoms with van der Waals surface area (Å²) in [6.45, 7) is 11.8. The Morgan fingerprint density at radius 2 is 1.69 bits per heavy atom. The quantitative estimate of drug-likeness (QED) is 0.0542. The zero-order valence-corrected chi connectivity index (χ0v) is 42.7. The maximum atomic E-state index is 14.1. The van der Waals surface area contributed by atoms with E-state index in [2.05, 4.69) is 54.4 Å². The van der Waals surface area contributed by atoms with Crippen molar-refractivity contribution >= 4 is 65.3 Å². The molecule has 388 valence electrons. The number of aliphatic hydroxyl groups is 1. The van der Waals surface area contributed by atoms with Crippen LogP contribution < -0.4 is 25.0 Å². The van der Waals surface area contributed by atoms with Gasteiger partial charge in [0.15, 0.2) is 0 Å². The first-order valence-electron chi connectivity index (χ1n) is 24.0. The smallest absolute Gasteiger partial charge is 0.455 e. The van der Waals surface area contributed by atoms with E-state index in [1.54, 1.807) is 42.4 Å². The predicted molar refractivity (Wildman–Crippen MR) is 273 cm³/mol. The molecule has 2 saturated heterocycles. The van der Waals surface area contributed by atoms with Gasteiger partial charge in [-0.15, -0.1) is 0 Å². The molecule has 0 spiro atoms. The summed E-state index contributed by atoms with van der Waals surface area (Å²) in [4.78, 5) is 28.2. The monoisotopic (exact) mass is 1060 g/mol. The fourth-order valence-corrected chi connectivity index (χ4v) is 11.9. The molecule has 16 nitrogen and oxygen atoms in total. The predicted octanol–water partition coefficient (Wildman–Crippen LogP) is 6.82. The highest BCUT2D eigenvalue weighted by atomic mass is 35.5. The molecule has 0 unspecified atom stereocenters. The number of anilines is 2. The van der Waals surface area contributed by atoms with Gasteiger partial charge in [-0.1, -0.05) is 36.2 Å². The summed E-state index contributed by atoms with van der Waals surface area (Å²) in [6.07, 6.45) is 6.56. The van der Waals surface area contributed by atoms with Crippen LogP contribution in [0.25, 0.3) is 16.6 Å². The lowest BCUT2D eigenvalue weighted by Gasteiger charge is -2.43. The number of amides is 1. The summed E-state index contributed by atoms with van der Waals surface area (Å²) in [6, 6.07) is 18.5. The molecule has 4 heterocycles. The van der Waals surface area contributed by atoms with Gasteiger partial charge in [-0.25, -0.2) is 26.5 Å². The van der Waals surface area contributed by atoms with E-state index in [1.807, 2.05) is 16.9 Å². The van der Waals surface area contributed by atoms with Crippen molar-refractivity contribution in [2.75, 3.05) is 109 Å². The van der Waals surface area contributed by atoms with E-state index in [0.29, 0.717) is 60.4 Å². The molecule has 1 atom stereocenters. The number of allylic oxidation sites excluding steroid dienone is 1. The molecule has 1 amide bonds. The first kappa shape index (κ1) is 53.0. The van der Waals surface area contributed by atoms with Crippen LogP contribution in [-0.2, 0) is 19.9 Å². The molecule has 0 radical (unpaired) electrons. The number of fused-ring (bicyclic) bond motifs is 1. The number of benzene rings is 3. The van der Waals surface area contributed by atoms with Gasteiger partial charge in [-0.2, -0.15) is 13.2 Å². The minimum absolute atomic E-state index is 0.0208. The molecule has 0 bridgehead atoms. The van der Waals surface area contributed by atoms with E-state index in [-0.39, 0.29) is 35.6 Å². The van der Waals surface area contributed by atoms with Gasteiger partial charge in [0.25, 0.3) is 25.8 Å². The molecule has 5 aromatic rings. The molecule has 2 aliphatic heterocycles. The molecule has 3 aliphatic rings. The van der Waals surface area contributed by atoms with Crippen molar-refractivity contribution in [2.24, 2.45) is 5.41 Å². The number of hydrogen-bond acceptors (Lipinski definition) is 14. The van der Waals surface area contributed by atoms with Gasteiger partial charge in [-0.3, -0.25) is 9.69 Å². The van der Waals surface area contributed by atoms with E-state index in [1.165, 1.54) is 29.0 Å². The SMILES string of the molecule is CN(CCO)CCCNc1ccc(S(=O)(=O)NC(=O)c2ccc(N3CCN(CC4=C(c5ccc(Cl)cc5)CC[C@@](C)(CN5CCNCC5)C4)CC3)cc2Oc2cnc3[nH]ccc3c2)cc1S(=O)(=O)C(F)(F)F. The summed E-state index contributed by atoms with van der Waals surface area (Å²) in [7, 11) is -9.32. The second-order valence-electron chi connectivity index (χ2n) is 19.1. The van der Waals surface area contributed by atoms with Gasteiger partial charge in [0.05, 0.1) is 29.0 Å². The number of carbonyl (C=O) groups is 1. The first-order valence-corrected chi connectivity index (χ1v) is 27.3. The summed E-state index contributed by atoms with van der Waals surface area (Å²) in [5, 5.41) is 16.7. The molecule has 1 aliphatic carbocycles. The van der Waals surface area contributed by atoms with Crippen molar-refractivity contribution in [3.05, 3.63) is 107 Å². The van der Waals surface area contributed by atoms with Crippen molar-refractivity contribution in [2.45, 2.75) is 47.9 Å². The Kier molecular flexibility index (Phi) is 16.6. The number of sulfonamides is 1. The molecular weight excluding hydrogens is 995 g/mol.